The molecule has 6 aromatic rings. The van der Waals surface area contributed by atoms with Gasteiger partial charge in [0.1, 0.15) is 11.6 Å². The molecule has 0 spiro atoms. The van der Waals surface area contributed by atoms with E-state index in [2.05, 4.69) is 51.0 Å². The molecule has 0 aliphatic rings. The lowest BCUT2D eigenvalue weighted by Gasteiger charge is -2.12. The third-order valence-corrected chi connectivity index (χ3v) is 8.33. The van der Waals surface area contributed by atoms with Gasteiger partial charge in [0.25, 0.3) is 0 Å². The number of carbonyl (C=O) groups is 1. The highest BCUT2D eigenvalue weighted by Crippen LogP contribution is 2.50. The molecule has 9 nitrogen and oxygen atoms in total. The van der Waals surface area contributed by atoms with Crippen LogP contribution in [0.4, 0.5) is 5.82 Å². The smallest absolute Gasteiger partial charge is 0.322 e. The fourth-order valence-electron chi connectivity index (χ4n) is 4.98. The number of pyridine rings is 1. The van der Waals surface area contributed by atoms with E-state index >= 15 is 0 Å². The van der Waals surface area contributed by atoms with E-state index in [1.165, 1.54) is 6.08 Å². The van der Waals surface area contributed by atoms with Crippen LogP contribution in [0.1, 0.15) is 16.8 Å². The molecule has 0 aliphatic carbocycles. The Hall–Kier alpha value is -5.35. The van der Waals surface area contributed by atoms with Crippen LogP contribution in [0.15, 0.2) is 86.0 Å². The molecular weight excluding hydrogens is 558 g/mol. The van der Waals surface area contributed by atoms with Crippen LogP contribution in [0, 0.1) is 13.8 Å². The lowest BCUT2D eigenvalue weighted by molar-refractivity contribution is -0.116. The largest absolute Gasteiger partial charge is 0.424 e. The molecular formula is C33H29N7O2S. The van der Waals surface area contributed by atoms with Crippen molar-refractivity contribution in [1.29, 1.82) is 0 Å². The van der Waals surface area contributed by atoms with Gasteiger partial charge in [-0.1, -0.05) is 36.9 Å². The number of thiophene rings is 1. The number of ether oxygens (including phenoxy) is 1. The summed E-state index contributed by atoms with van der Waals surface area (Å²) in [5.41, 5.74) is 14.5. The highest BCUT2D eigenvalue weighted by Gasteiger charge is 2.23. The number of nitrogens with two attached hydrogens (primary N) is 1. The summed E-state index contributed by atoms with van der Waals surface area (Å²) in [6, 6.07) is 16.2. The third kappa shape index (κ3) is 5.60. The predicted octanol–water partition coefficient (Wildman–Crippen LogP) is 6.61. The van der Waals surface area contributed by atoms with Gasteiger partial charge in [-0.25, -0.2) is 15.0 Å². The van der Waals surface area contributed by atoms with Crippen molar-refractivity contribution in [3.05, 3.63) is 103 Å². The summed E-state index contributed by atoms with van der Waals surface area (Å²) in [5.74, 6) is 0.871. The van der Waals surface area contributed by atoms with Gasteiger partial charge in [0.2, 0.25) is 5.91 Å². The van der Waals surface area contributed by atoms with Crippen LogP contribution in [0.5, 0.6) is 11.8 Å². The topological polar surface area (TPSA) is 121 Å². The molecule has 6 rings (SSSR count). The number of nitrogens with zero attached hydrogens (tertiary/aromatic N) is 5. The van der Waals surface area contributed by atoms with E-state index in [-0.39, 0.29) is 5.91 Å². The van der Waals surface area contributed by atoms with Crippen molar-refractivity contribution in [2.75, 3.05) is 5.73 Å². The van der Waals surface area contributed by atoms with E-state index in [1.807, 2.05) is 69.0 Å². The number of nitrogen functional groups attached to an aromatic ring is 1. The van der Waals surface area contributed by atoms with Crippen LogP contribution in [-0.2, 0) is 18.4 Å². The van der Waals surface area contributed by atoms with E-state index in [0.717, 1.165) is 59.6 Å². The number of aromatic nitrogens is 5. The van der Waals surface area contributed by atoms with Gasteiger partial charge in [0.05, 0.1) is 6.20 Å². The number of anilines is 1. The highest BCUT2D eigenvalue weighted by atomic mass is 32.1. The zero-order valence-corrected chi connectivity index (χ0v) is 24.8. The van der Waals surface area contributed by atoms with Crippen molar-refractivity contribution in [3.63, 3.8) is 0 Å². The average Bonchev–Trinajstić information content (AvgIpc) is 3.61. The van der Waals surface area contributed by atoms with E-state index in [9.17, 15) is 4.79 Å². The Balaban J connectivity index is 1.49. The van der Waals surface area contributed by atoms with Crippen molar-refractivity contribution in [3.8, 4) is 44.5 Å². The van der Waals surface area contributed by atoms with Gasteiger partial charge in [-0.15, -0.1) is 11.3 Å². The fraction of sp³-hybridized carbons (Fsp3) is 0.121. The molecule has 3 N–H and O–H groups in total. The summed E-state index contributed by atoms with van der Waals surface area (Å²) in [6.07, 6.45) is 8.57. The lowest BCUT2D eigenvalue weighted by atomic mass is 9.95. The molecule has 0 fully saturated rings. The second-order valence-electron chi connectivity index (χ2n) is 10.1. The van der Waals surface area contributed by atoms with E-state index in [4.69, 9.17) is 10.5 Å². The van der Waals surface area contributed by atoms with Crippen molar-refractivity contribution < 1.29 is 9.53 Å². The number of amides is 1. The maximum atomic E-state index is 11.7. The number of rotatable bonds is 8. The van der Waals surface area contributed by atoms with Crippen LogP contribution < -0.4 is 15.8 Å². The minimum Gasteiger partial charge on any atom is -0.424 e. The maximum absolute atomic E-state index is 11.7. The van der Waals surface area contributed by atoms with Gasteiger partial charge >= 0.3 is 6.01 Å². The molecule has 0 aliphatic heterocycles. The first-order valence-electron chi connectivity index (χ1n) is 13.6. The van der Waals surface area contributed by atoms with Crippen LogP contribution >= 0.6 is 11.3 Å². The number of aryl methyl sites for hydroxylation is 3. The summed E-state index contributed by atoms with van der Waals surface area (Å²) in [5, 5.41) is 8.11. The van der Waals surface area contributed by atoms with Crippen molar-refractivity contribution >= 4 is 33.1 Å². The van der Waals surface area contributed by atoms with Gasteiger partial charge in [0.15, 0.2) is 0 Å². The molecule has 0 saturated carbocycles. The molecule has 0 bridgehead atoms. The second-order valence-corrected chi connectivity index (χ2v) is 11.2. The van der Waals surface area contributed by atoms with Crippen LogP contribution in [-0.4, -0.2) is 30.6 Å². The highest BCUT2D eigenvalue weighted by molar-refractivity contribution is 7.23. The first-order valence-corrected chi connectivity index (χ1v) is 14.4. The minimum absolute atomic E-state index is 0.208. The summed E-state index contributed by atoms with van der Waals surface area (Å²) in [7, 11) is 1.89. The van der Waals surface area contributed by atoms with E-state index < -0.39 is 0 Å². The summed E-state index contributed by atoms with van der Waals surface area (Å²) in [6.45, 7) is 7.91. The molecule has 4 heterocycles. The maximum Gasteiger partial charge on any atom is 0.322 e. The average molecular weight is 588 g/mol. The molecule has 10 heteroatoms. The first kappa shape index (κ1) is 27.8. The SMILES string of the molecule is C=CC(=O)NCc1ccc(-c2sc3c(-c4cnn(C)c4)cnc(N)c3c2-c2ccc(Oc3nccc(C)n3)cc2)c(C)c1. The van der Waals surface area contributed by atoms with E-state index in [1.54, 1.807) is 22.2 Å². The number of carbonyl (C=O) groups excluding carboxylic acids is 1. The summed E-state index contributed by atoms with van der Waals surface area (Å²) >= 11 is 1.68. The normalized spacial score (nSPS) is 11.0. The minimum atomic E-state index is -0.208. The van der Waals surface area contributed by atoms with Gasteiger partial charge in [-0.2, -0.15) is 5.10 Å². The first-order chi connectivity index (χ1) is 20.8. The van der Waals surface area contributed by atoms with Crippen molar-refractivity contribution in [1.82, 2.24) is 30.0 Å². The van der Waals surface area contributed by atoms with Crippen molar-refractivity contribution in [2.24, 2.45) is 7.05 Å². The van der Waals surface area contributed by atoms with Crippen LogP contribution in [0.3, 0.4) is 0 Å². The molecule has 214 valence electrons. The monoisotopic (exact) mass is 587 g/mol. The zero-order valence-electron chi connectivity index (χ0n) is 24.0. The number of hydrogen-bond acceptors (Lipinski definition) is 8. The Morgan fingerprint density at radius 1 is 1.07 bits per heavy atom. The van der Waals surface area contributed by atoms with Gasteiger partial charge in [-0.3, -0.25) is 9.48 Å². The predicted molar refractivity (Wildman–Crippen MR) is 171 cm³/mol. The Labute approximate surface area is 252 Å². The van der Waals surface area contributed by atoms with Gasteiger partial charge in [-0.05, 0) is 60.4 Å². The number of nitrogens with one attached hydrogen (secondary N) is 1. The Bertz CT molecular complexity index is 1990. The number of fused-ring (bicyclic) bond motifs is 1. The molecule has 0 atom stereocenters. The van der Waals surface area contributed by atoms with E-state index in [0.29, 0.717) is 24.1 Å². The third-order valence-electron chi connectivity index (χ3n) is 7.07. The number of hydrogen-bond donors (Lipinski definition) is 2. The summed E-state index contributed by atoms with van der Waals surface area (Å²) in [4.78, 5) is 25.9. The standard InChI is InChI=1S/C33H29N7O2S/c1-5-27(41)36-15-21-6-11-25(19(2)14-21)30-28(22-7-9-24(10-8-22)42-33-35-13-12-20(3)39-33)29-31(43-30)26(17-37-32(29)34)23-16-38-40(4)18-23/h5-14,16-18H,1,15H2,2-4H3,(H2,34,37)(H,36,41). The second kappa shape index (κ2) is 11.5. The molecule has 1 amide bonds. The van der Waals surface area contributed by atoms with Gasteiger partial charge in [0, 0.05) is 69.5 Å². The number of benzene rings is 2. The molecule has 0 radical (unpaired) electrons. The van der Waals surface area contributed by atoms with Crippen molar-refractivity contribution in [2.45, 2.75) is 20.4 Å². The molecule has 2 aromatic carbocycles. The lowest BCUT2D eigenvalue weighted by Crippen LogP contribution is -2.19. The quantitative estimate of drug-likeness (QED) is 0.192. The Morgan fingerprint density at radius 2 is 1.88 bits per heavy atom. The molecule has 4 aromatic heterocycles. The fourth-order valence-corrected chi connectivity index (χ4v) is 6.43. The molecule has 43 heavy (non-hydrogen) atoms. The van der Waals surface area contributed by atoms with Crippen LogP contribution in [0.2, 0.25) is 0 Å². The zero-order chi connectivity index (χ0) is 30.1. The molecule has 0 unspecified atom stereocenters. The summed E-state index contributed by atoms with van der Waals surface area (Å²) < 4.78 is 8.72. The van der Waals surface area contributed by atoms with Gasteiger partial charge < -0.3 is 15.8 Å². The Kier molecular flexibility index (Phi) is 7.43. The van der Waals surface area contributed by atoms with Crippen LogP contribution in [0.25, 0.3) is 42.8 Å². The molecule has 0 saturated heterocycles. The Morgan fingerprint density at radius 3 is 2.58 bits per heavy atom.